The number of hydrogen-bond acceptors (Lipinski definition) is 2. The summed E-state index contributed by atoms with van der Waals surface area (Å²) in [6.07, 6.45) is 8.85. The lowest BCUT2D eigenvalue weighted by Crippen LogP contribution is -2.32. The molecule has 3 rings (SSSR count). The van der Waals surface area contributed by atoms with E-state index in [1.807, 2.05) is 17.0 Å². The van der Waals surface area contributed by atoms with Gasteiger partial charge in [-0.25, -0.2) is 0 Å². The third-order valence-corrected chi connectivity index (χ3v) is 4.95. The third kappa shape index (κ3) is 4.10. The molecule has 1 aromatic rings. The maximum atomic E-state index is 12.6. The van der Waals surface area contributed by atoms with E-state index < -0.39 is 0 Å². The quantitative estimate of drug-likeness (QED) is 0.850. The van der Waals surface area contributed by atoms with Crippen LogP contribution in [-0.2, 0) is 6.54 Å². The first-order chi connectivity index (χ1) is 10.8. The molecule has 2 heterocycles. The Hall–Kier alpha value is -1.35. The fourth-order valence-corrected chi connectivity index (χ4v) is 3.58. The van der Waals surface area contributed by atoms with Gasteiger partial charge in [-0.05, 0) is 56.5 Å². The molecular weight excluding hydrogens is 272 g/mol. The average molecular weight is 300 g/mol. The topological polar surface area (TPSA) is 23.6 Å². The van der Waals surface area contributed by atoms with Crippen molar-refractivity contribution >= 4 is 5.91 Å². The molecule has 0 N–H and O–H groups in total. The number of hydrogen-bond donors (Lipinski definition) is 0. The summed E-state index contributed by atoms with van der Waals surface area (Å²) in [4.78, 5) is 17.1. The summed E-state index contributed by atoms with van der Waals surface area (Å²) in [5, 5.41) is 0. The monoisotopic (exact) mass is 300 g/mol. The van der Waals surface area contributed by atoms with Gasteiger partial charge < -0.3 is 4.90 Å². The second kappa shape index (κ2) is 7.77. The van der Waals surface area contributed by atoms with Crippen LogP contribution in [0.2, 0.25) is 0 Å². The number of carbonyl (C=O) groups is 1. The Bertz CT molecular complexity index is 469. The number of benzene rings is 1. The molecule has 0 atom stereocenters. The molecule has 22 heavy (non-hydrogen) atoms. The molecule has 2 aliphatic heterocycles. The maximum absolute atomic E-state index is 12.6. The van der Waals surface area contributed by atoms with Crippen LogP contribution in [0.1, 0.15) is 60.9 Å². The lowest BCUT2D eigenvalue weighted by Gasteiger charge is -2.26. The van der Waals surface area contributed by atoms with Crippen molar-refractivity contribution in [3.05, 3.63) is 35.4 Å². The summed E-state index contributed by atoms with van der Waals surface area (Å²) in [7, 11) is 0. The molecular formula is C19H28N2O. The fourth-order valence-electron chi connectivity index (χ4n) is 3.58. The predicted octanol–water partition coefficient (Wildman–Crippen LogP) is 3.69. The van der Waals surface area contributed by atoms with E-state index in [0.717, 1.165) is 38.0 Å². The van der Waals surface area contributed by atoms with Crippen LogP contribution in [-0.4, -0.2) is 41.9 Å². The molecule has 2 aliphatic rings. The van der Waals surface area contributed by atoms with Crippen LogP contribution < -0.4 is 0 Å². The minimum atomic E-state index is 0.214. The Balaban J connectivity index is 1.59. The van der Waals surface area contributed by atoms with Crippen molar-refractivity contribution in [2.75, 3.05) is 26.2 Å². The lowest BCUT2D eigenvalue weighted by molar-refractivity contribution is 0.0761. The maximum Gasteiger partial charge on any atom is 0.253 e. The zero-order valence-corrected chi connectivity index (χ0v) is 13.6. The number of carbonyl (C=O) groups excluding carboxylic acids is 1. The van der Waals surface area contributed by atoms with Crippen molar-refractivity contribution in [1.29, 1.82) is 0 Å². The van der Waals surface area contributed by atoms with Gasteiger partial charge >= 0.3 is 0 Å². The van der Waals surface area contributed by atoms with Gasteiger partial charge in [0.1, 0.15) is 0 Å². The van der Waals surface area contributed by atoms with Crippen LogP contribution in [0.15, 0.2) is 24.3 Å². The van der Waals surface area contributed by atoms with Crippen molar-refractivity contribution in [3.63, 3.8) is 0 Å². The molecule has 2 saturated heterocycles. The highest BCUT2D eigenvalue weighted by atomic mass is 16.2. The SMILES string of the molecule is O=C(c1ccc(CN2CCCCC2)cc1)N1CCCCCC1. The van der Waals surface area contributed by atoms with Gasteiger partial charge in [-0.15, -0.1) is 0 Å². The second-order valence-electron chi connectivity index (χ2n) is 6.74. The zero-order chi connectivity index (χ0) is 15.2. The van der Waals surface area contributed by atoms with Crippen LogP contribution in [0.25, 0.3) is 0 Å². The van der Waals surface area contributed by atoms with E-state index in [2.05, 4.69) is 17.0 Å². The van der Waals surface area contributed by atoms with Crippen molar-refractivity contribution in [3.8, 4) is 0 Å². The summed E-state index contributed by atoms with van der Waals surface area (Å²) < 4.78 is 0. The van der Waals surface area contributed by atoms with Gasteiger partial charge in [-0.2, -0.15) is 0 Å². The first-order valence-electron chi connectivity index (χ1n) is 8.93. The van der Waals surface area contributed by atoms with E-state index in [-0.39, 0.29) is 5.91 Å². The summed E-state index contributed by atoms with van der Waals surface area (Å²) in [5.41, 5.74) is 2.18. The third-order valence-electron chi connectivity index (χ3n) is 4.95. The molecule has 1 aromatic carbocycles. The van der Waals surface area contributed by atoms with Crippen LogP contribution in [0.3, 0.4) is 0 Å². The van der Waals surface area contributed by atoms with Crippen molar-refractivity contribution in [2.45, 2.75) is 51.5 Å². The molecule has 120 valence electrons. The zero-order valence-electron chi connectivity index (χ0n) is 13.6. The largest absolute Gasteiger partial charge is 0.339 e. The molecule has 0 unspecified atom stereocenters. The van der Waals surface area contributed by atoms with E-state index in [0.29, 0.717) is 0 Å². The average Bonchev–Trinajstić information content (AvgIpc) is 2.85. The van der Waals surface area contributed by atoms with E-state index >= 15 is 0 Å². The number of nitrogens with zero attached hydrogens (tertiary/aromatic N) is 2. The Morgan fingerprint density at radius 3 is 1.95 bits per heavy atom. The summed E-state index contributed by atoms with van der Waals surface area (Å²) in [6.45, 7) is 5.31. The summed E-state index contributed by atoms with van der Waals surface area (Å²) >= 11 is 0. The highest BCUT2D eigenvalue weighted by Crippen LogP contribution is 2.16. The molecule has 0 spiro atoms. The Kier molecular flexibility index (Phi) is 5.49. The minimum absolute atomic E-state index is 0.214. The van der Waals surface area contributed by atoms with Crippen molar-refractivity contribution in [1.82, 2.24) is 9.80 Å². The molecule has 0 saturated carbocycles. The smallest absolute Gasteiger partial charge is 0.253 e. The summed E-state index contributed by atoms with van der Waals surface area (Å²) in [5.74, 6) is 0.214. The lowest BCUT2D eigenvalue weighted by atomic mass is 10.1. The van der Waals surface area contributed by atoms with Gasteiger partial charge in [-0.3, -0.25) is 9.69 Å². The molecule has 0 bridgehead atoms. The normalized spacial score (nSPS) is 20.6. The molecule has 2 fully saturated rings. The van der Waals surface area contributed by atoms with E-state index in [1.165, 1.54) is 50.8 Å². The van der Waals surface area contributed by atoms with E-state index in [4.69, 9.17) is 0 Å². The van der Waals surface area contributed by atoms with Crippen molar-refractivity contribution < 1.29 is 4.79 Å². The van der Waals surface area contributed by atoms with Crippen LogP contribution in [0, 0.1) is 0 Å². The summed E-state index contributed by atoms with van der Waals surface area (Å²) in [6, 6.07) is 8.32. The number of piperidine rings is 1. The van der Waals surface area contributed by atoms with Gasteiger partial charge in [0.05, 0.1) is 0 Å². The van der Waals surface area contributed by atoms with E-state index in [9.17, 15) is 4.79 Å². The van der Waals surface area contributed by atoms with Crippen LogP contribution >= 0.6 is 0 Å². The highest BCUT2D eigenvalue weighted by molar-refractivity contribution is 5.94. The number of rotatable bonds is 3. The Labute approximate surface area is 134 Å². The molecule has 1 amide bonds. The highest BCUT2D eigenvalue weighted by Gasteiger charge is 2.17. The molecule has 0 aromatic heterocycles. The standard InChI is InChI=1S/C19H28N2O/c22-19(21-14-6-1-2-7-15-21)18-10-8-17(9-11-18)16-20-12-4-3-5-13-20/h8-11H,1-7,12-16H2. The first-order valence-corrected chi connectivity index (χ1v) is 8.93. The molecule has 0 aliphatic carbocycles. The molecule has 3 heteroatoms. The first kappa shape index (κ1) is 15.5. The molecule has 3 nitrogen and oxygen atoms in total. The fraction of sp³-hybridized carbons (Fsp3) is 0.632. The van der Waals surface area contributed by atoms with E-state index in [1.54, 1.807) is 0 Å². The van der Waals surface area contributed by atoms with Gasteiger partial charge in [0.25, 0.3) is 5.91 Å². The van der Waals surface area contributed by atoms with Crippen LogP contribution in [0.4, 0.5) is 0 Å². The van der Waals surface area contributed by atoms with Crippen LogP contribution in [0.5, 0.6) is 0 Å². The van der Waals surface area contributed by atoms with Gasteiger partial charge in [0.15, 0.2) is 0 Å². The Morgan fingerprint density at radius 2 is 1.32 bits per heavy atom. The minimum Gasteiger partial charge on any atom is -0.339 e. The second-order valence-corrected chi connectivity index (χ2v) is 6.74. The van der Waals surface area contributed by atoms with Crippen molar-refractivity contribution in [2.24, 2.45) is 0 Å². The number of likely N-dealkylation sites (tertiary alicyclic amines) is 2. The molecule has 0 radical (unpaired) electrons. The Morgan fingerprint density at radius 1 is 0.773 bits per heavy atom. The van der Waals surface area contributed by atoms with Gasteiger partial charge in [-0.1, -0.05) is 31.4 Å². The predicted molar refractivity (Wildman–Crippen MR) is 89.9 cm³/mol. The van der Waals surface area contributed by atoms with Gasteiger partial charge in [0.2, 0.25) is 0 Å². The van der Waals surface area contributed by atoms with Gasteiger partial charge in [0, 0.05) is 25.2 Å². The number of amides is 1.